The van der Waals surface area contributed by atoms with E-state index in [1.807, 2.05) is 55.5 Å². The van der Waals surface area contributed by atoms with Crippen LogP contribution in [0.1, 0.15) is 16.7 Å². The molecule has 0 atom stereocenters. The number of carbonyl (C=O) groups is 1. The lowest BCUT2D eigenvalue weighted by Crippen LogP contribution is -2.07. The summed E-state index contributed by atoms with van der Waals surface area (Å²) in [5, 5.41) is 0. The zero-order chi connectivity index (χ0) is 16.7. The molecule has 0 radical (unpaired) electrons. The minimum Gasteiger partial charge on any atom is -0.503 e. The van der Waals surface area contributed by atoms with Gasteiger partial charge in [-0.3, -0.25) is 0 Å². The fourth-order valence-corrected chi connectivity index (χ4v) is 2.18. The third kappa shape index (κ3) is 4.36. The molecule has 2 aromatic carbocycles. The van der Waals surface area contributed by atoms with Crippen molar-refractivity contribution in [2.24, 2.45) is 0 Å². The van der Waals surface area contributed by atoms with Crippen LogP contribution in [0.4, 0.5) is 0 Å². The lowest BCUT2D eigenvalue weighted by atomic mass is 9.99. The molecule has 0 unspecified atom stereocenters. The Labute approximate surface area is 136 Å². The molecular formula is C19H20O4. The van der Waals surface area contributed by atoms with Crippen LogP contribution >= 0.6 is 0 Å². The van der Waals surface area contributed by atoms with Crippen LogP contribution in [-0.4, -0.2) is 20.2 Å². The lowest BCUT2D eigenvalue weighted by Gasteiger charge is -2.12. The van der Waals surface area contributed by atoms with E-state index in [9.17, 15) is 4.79 Å². The Balaban J connectivity index is 2.24. The fraction of sp³-hybridized carbons (Fsp3) is 0.211. The van der Waals surface area contributed by atoms with Crippen LogP contribution in [0.3, 0.4) is 0 Å². The molecular weight excluding hydrogens is 292 g/mol. The van der Waals surface area contributed by atoms with E-state index in [0.29, 0.717) is 12.2 Å². The van der Waals surface area contributed by atoms with Gasteiger partial charge in [0.2, 0.25) is 0 Å². The van der Waals surface area contributed by atoms with Crippen molar-refractivity contribution in [3.05, 3.63) is 71.5 Å². The van der Waals surface area contributed by atoms with Crippen molar-refractivity contribution in [3.8, 4) is 5.75 Å². The van der Waals surface area contributed by atoms with Gasteiger partial charge in [0.25, 0.3) is 0 Å². The summed E-state index contributed by atoms with van der Waals surface area (Å²) in [6, 6.07) is 15.4. The van der Waals surface area contributed by atoms with E-state index in [-0.39, 0.29) is 0 Å². The molecule has 0 saturated heterocycles. The van der Waals surface area contributed by atoms with E-state index in [0.717, 1.165) is 22.4 Å². The third-order valence-electron chi connectivity index (χ3n) is 3.38. The molecule has 0 N–H and O–H groups in total. The maximum absolute atomic E-state index is 11.9. The zero-order valence-electron chi connectivity index (χ0n) is 13.5. The highest BCUT2D eigenvalue weighted by molar-refractivity contribution is 6.16. The summed E-state index contributed by atoms with van der Waals surface area (Å²) in [7, 11) is 2.85. The predicted octanol–water partition coefficient (Wildman–Crippen LogP) is 3.73. The summed E-state index contributed by atoms with van der Waals surface area (Å²) >= 11 is 0. The zero-order valence-corrected chi connectivity index (χ0v) is 13.5. The van der Waals surface area contributed by atoms with Crippen molar-refractivity contribution < 1.29 is 19.0 Å². The monoisotopic (exact) mass is 312 g/mol. The van der Waals surface area contributed by atoms with Crippen molar-refractivity contribution in [1.29, 1.82) is 0 Å². The second kappa shape index (κ2) is 8.03. The van der Waals surface area contributed by atoms with E-state index in [1.165, 1.54) is 20.5 Å². The molecule has 23 heavy (non-hydrogen) atoms. The number of hydrogen-bond donors (Lipinski definition) is 0. The number of carbonyl (C=O) groups excluding carboxylic acids is 1. The summed E-state index contributed by atoms with van der Waals surface area (Å²) in [5.41, 5.74) is 3.07. The topological polar surface area (TPSA) is 44.8 Å². The van der Waals surface area contributed by atoms with E-state index in [4.69, 9.17) is 14.2 Å². The number of esters is 1. The standard InChI is InChI=1S/C19H20O4/c1-14-9-10-15(12-23-16-7-5-4-6-8-16)11-17(14)18(13-21-2)19(20)22-3/h4-11,13H,12H2,1-3H3/b18-13+. The van der Waals surface area contributed by atoms with Crippen LogP contribution in [0.15, 0.2) is 54.8 Å². The molecule has 2 aromatic rings. The Kier molecular flexibility index (Phi) is 5.80. The van der Waals surface area contributed by atoms with Gasteiger partial charge in [-0.15, -0.1) is 0 Å². The first-order valence-corrected chi connectivity index (χ1v) is 7.24. The number of methoxy groups -OCH3 is 2. The first kappa shape index (κ1) is 16.6. The summed E-state index contributed by atoms with van der Waals surface area (Å²) in [5.74, 6) is 0.367. The molecule has 0 amide bonds. The van der Waals surface area contributed by atoms with Crippen molar-refractivity contribution in [3.63, 3.8) is 0 Å². The number of para-hydroxylation sites is 1. The number of hydrogen-bond acceptors (Lipinski definition) is 4. The highest BCUT2D eigenvalue weighted by Crippen LogP contribution is 2.23. The van der Waals surface area contributed by atoms with Crippen molar-refractivity contribution in [2.45, 2.75) is 13.5 Å². The molecule has 0 spiro atoms. The van der Waals surface area contributed by atoms with E-state index in [1.54, 1.807) is 0 Å². The largest absolute Gasteiger partial charge is 0.503 e. The average molecular weight is 312 g/mol. The van der Waals surface area contributed by atoms with E-state index < -0.39 is 5.97 Å². The van der Waals surface area contributed by atoms with Crippen LogP contribution in [-0.2, 0) is 20.9 Å². The molecule has 2 rings (SSSR count). The Hall–Kier alpha value is -2.75. The molecule has 120 valence electrons. The van der Waals surface area contributed by atoms with Crippen molar-refractivity contribution in [2.75, 3.05) is 14.2 Å². The van der Waals surface area contributed by atoms with Gasteiger partial charge in [0, 0.05) is 0 Å². The van der Waals surface area contributed by atoms with Gasteiger partial charge in [-0.05, 0) is 41.8 Å². The van der Waals surface area contributed by atoms with Gasteiger partial charge in [0.15, 0.2) is 0 Å². The van der Waals surface area contributed by atoms with Crippen LogP contribution in [0.5, 0.6) is 5.75 Å². The predicted molar refractivity (Wildman–Crippen MR) is 89.0 cm³/mol. The molecule has 0 bridgehead atoms. The van der Waals surface area contributed by atoms with Crippen LogP contribution in [0, 0.1) is 6.92 Å². The lowest BCUT2D eigenvalue weighted by molar-refractivity contribution is -0.133. The van der Waals surface area contributed by atoms with Crippen LogP contribution in [0.2, 0.25) is 0 Å². The Bertz CT molecular complexity index is 690. The summed E-state index contributed by atoms with van der Waals surface area (Å²) in [6.07, 6.45) is 1.40. The van der Waals surface area contributed by atoms with Crippen molar-refractivity contribution in [1.82, 2.24) is 0 Å². The SMILES string of the molecule is CO/C=C(/C(=O)OC)c1cc(COc2ccccc2)ccc1C. The van der Waals surface area contributed by atoms with Gasteiger partial charge in [-0.1, -0.05) is 30.3 Å². The Morgan fingerprint density at radius 3 is 2.48 bits per heavy atom. The summed E-state index contributed by atoms with van der Waals surface area (Å²) in [6.45, 7) is 2.35. The van der Waals surface area contributed by atoms with Gasteiger partial charge in [0.05, 0.1) is 20.5 Å². The normalized spacial score (nSPS) is 11.0. The first-order valence-electron chi connectivity index (χ1n) is 7.24. The minimum absolute atomic E-state index is 0.383. The van der Waals surface area contributed by atoms with Gasteiger partial charge in [0.1, 0.15) is 17.9 Å². The minimum atomic E-state index is -0.434. The molecule has 0 aromatic heterocycles. The summed E-state index contributed by atoms with van der Waals surface area (Å²) < 4.78 is 15.6. The third-order valence-corrected chi connectivity index (χ3v) is 3.38. The molecule has 0 aliphatic carbocycles. The Morgan fingerprint density at radius 2 is 1.83 bits per heavy atom. The van der Waals surface area contributed by atoms with Crippen LogP contribution in [0.25, 0.3) is 5.57 Å². The molecule has 0 heterocycles. The maximum Gasteiger partial charge on any atom is 0.341 e. The summed E-state index contributed by atoms with van der Waals surface area (Å²) in [4.78, 5) is 11.9. The van der Waals surface area contributed by atoms with Gasteiger partial charge in [-0.25, -0.2) is 4.79 Å². The molecule has 0 saturated carbocycles. The molecule has 4 nitrogen and oxygen atoms in total. The average Bonchev–Trinajstić information content (AvgIpc) is 2.59. The van der Waals surface area contributed by atoms with Crippen LogP contribution < -0.4 is 4.74 Å². The molecule has 0 aliphatic rings. The Morgan fingerprint density at radius 1 is 1.09 bits per heavy atom. The van der Waals surface area contributed by atoms with Crippen molar-refractivity contribution >= 4 is 11.5 Å². The molecule has 0 fully saturated rings. The second-order valence-corrected chi connectivity index (χ2v) is 5.01. The highest BCUT2D eigenvalue weighted by Gasteiger charge is 2.16. The number of aryl methyl sites for hydroxylation is 1. The number of rotatable bonds is 6. The van der Waals surface area contributed by atoms with E-state index >= 15 is 0 Å². The number of ether oxygens (including phenoxy) is 3. The van der Waals surface area contributed by atoms with Gasteiger partial charge in [-0.2, -0.15) is 0 Å². The van der Waals surface area contributed by atoms with E-state index in [2.05, 4.69) is 0 Å². The molecule has 0 aliphatic heterocycles. The quantitative estimate of drug-likeness (QED) is 0.463. The fourth-order valence-electron chi connectivity index (χ4n) is 2.18. The molecule has 4 heteroatoms. The smallest absolute Gasteiger partial charge is 0.341 e. The second-order valence-electron chi connectivity index (χ2n) is 5.01. The first-order chi connectivity index (χ1) is 11.2. The van der Waals surface area contributed by atoms with Gasteiger partial charge >= 0.3 is 5.97 Å². The maximum atomic E-state index is 11.9. The number of benzene rings is 2. The highest BCUT2D eigenvalue weighted by atomic mass is 16.5. The van der Waals surface area contributed by atoms with Gasteiger partial charge < -0.3 is 14.2 Å².